The van der Waals surface area contributed by atoms with Crippen molar-refractivity contribution in [2.24, 2.45) is 0 Å². The summed E-state index contributed by atoms with van der Waals surface area (Å²) >= 11 is 0. The van der Waals surface area contributed by atoms with Gasteiger partial charge in [0, 0.05) is 11.6 Å². The van der Waals surface area contributed by atoms with Crippen molar-refractivity contribution < 1.29 is 0 Å². The Hall–Kier alpha value is -1.37. The third-order valence-corrected chi connectivity index (χ3v) is 1.65. The number of nitrogens with zero attached hydrogens (tertiary/aromatic N) is 1. The van der Waals surface area contributed by atoms with Crippen LogP contribution in [-0.4, -0.2) is 4.98 Å². The van der Waals surface area contributed by atoms with Crippen molar-refractivity contribution in [3.63, 3.8) is 0 Å². The predicted molar refractivity (Wildman–Crippen MR) is 46.2 cm³/mol. The summed E-state index contributed by atoms with van der Waals surface area (Å²) in [6.07, 6.45) is 1.78. The number of fused-ring (bicyclic) bond motifs is 1. The predicted octanol–water partition coefficient (Wildman–Crippen LogP) is 2.42. The molecular weight excluding hydrogens is 134 g/mol. The molecule has 0 saturated heterocycles. The van der Waals surface area contributed by atoms with Gasteiger partial charge in [-0.15, -0.1) is 0 Å². The van der Waals surface area contributed by atoms with Crippen molar-refractivity contribution in [3.8, 4) is 0 Å². The SMILES string of the molecule is [CH2]c1cnc2ccccc2c1. The summed E-state index contributed by atoms with van der Waals surface area (Å²) in [7, 11) is 0. The van der Waals surface area contributed by atoms with Crippen molar-refractivity contribution in [2.45, 2.75) is 0 Å². The first-order valence-corrected chi connectivity index (χ1v) is 3.53. The van der Waals surface area contributed by atoms with Gasteiger partial charge < -0.3 is 0 Å². The van der Waals surface area contributed by atoms with Crippen LogP contribution in [0.2, 0.25) is 0 Å². The van der Waals surface area contributed by atoms with Crippen molar-refractivity contribution in [1.29, 1.82) is 0 Å². The molecule has 0 atom stereocenters. The molecule has 0 bridgehead atoms. The summed E-state index contributed by atoms with van der Waals surface area (Å²) in [6, 6.07) is 10.1. The molecule has 0 aliphatic rings. The van der Waals surface area contributed by atoms with E-state index in [1.165, 1.54) is 0 Å². The maximum absolute atomic E-state index is 4.22. The van der Waals surface area contributed by atoms with Crippen LogP contribution >= 0.6 is 0 Å². The van der Waals surface area contributed by atoms with Gasteiger partial charge in [-0.05, 0) is 24.6 Å². The van der Waals surface area contributed by atoms with E-state index in [4.69, 9.17) is 0 Å². The highest BCUT2D eigenvalue weighted by atomic mass is 14.6. The molecule has 0 unspecified atom stereocenters. The smallest absolute Gasteiger partial charge is 0.0702 e. The minimum atomic E-state index is 0.962. The van der Waals surface area contributed by atoms with E-state index in [1.54, 1.807) is 6.20 Å². The van der Waals surface area contributed by atoms with Crippen LogP contribution in [0.1, 0.15) is 5.56 Å². The Labute approximate surface area is 65.7 Å². The van der Waals surface area contributed by atoms with Crippen LogP contribution in [0.5, 0.6) is 0 Å². The molecule has 1 aromatic heterocycles. The fourth-order valence-electron chi connectivity index (χ4n) is 1.12. The number of pyridine rings is 1. The molecule has 2 aromatic rings. The van der Waals surface area contributed by atoms with Gasteiger partial charge in [0.2, 0.25) is 0 Å². The van der Waals surface area contributed by atoms with Gasteiger partial charge in [-0.3, -0.25) is 4.98 Å². The van der Waals surface area contributed by atoms with E-state index < -0.39 is 0 Å². The zero-order chi connectivity index (χ0) is 7.68. The van der Waals surface area contributed by atoms with E-state index in [-0.39, 0.29) is 0 Å². The number of hydrogen-bond acceptors (Lipinski definition) is 1. The lowest BCUT2D eigenvalue weighted by Crippen LogP contribution is -1.78. The van der Waals surface area contributed by atoms with Crippen molar-refractivity contribution >= 4 is 10.9 Å². The number of benzene rings is 1. The quantitative estimate of drug-likeness (QED) is 0.550. The Morgan fingerprint density at radius 2 is 2.00 bits per heavy atom. The Morgan fingerprint density at radius 1 is 1.18 bits per heavy atom. The maximum atomic E-state index is 4.22. The summed E-state index contributed by atoms with van der Waals surface area (Å²) in [6.45, 7) is 3.81. The fourth-order valence-corrected chi connectivity index (χ4v) is 1.12. The first-order valence-electron chi connectivity index (χ1n) is 3.53. The summed E-state index contributed by atoms with van der Waals surface area (Å²) in [5.41, 5.74) is 1.99. The molecule has 0 amide bonds. The molecule has 2 rings (SSSR count). The zero-order valence-corrected chi connectivity index (χ0v) is 6.12. The highest BCUT2D eigenvalue weighted by molar-refractivity contribution is 5.78. The van der Waals surface area contributed by atoms with E-state index in [2.05, 4.69) is 11.9 Å². The molecule has 1 radical (unpaired) electrons. The molecule has 1 heteroatoms. The third-order valence-electron chi connectivity index (χ3n) is 1.65. The van der Waals surface area contributed by atoms with Gasteiger partial charge in [0.05, 0.1) is 5.52 Å². The van der Waals surface area contributed by atoms with Crippen LogP contribution in [0, 0.1) is 6.92 Å². The van der Waals surface area contributed by atoms with Gasteiger partial charge in [-0.1, -0.05) is 18.2 Å². The Bertz CT molecular complexity index is 379. The van der Waals surface area contributed by atoms with Gasteiger partial charge in [-0.25, -0.2) is 0 Å². The zero-order valence-electron chi connectivity index (χ0n) is 6.12. The molecule has 1 aromatic carbocycles. The van der Waals surface area contributed by atoms with Crippen LogP contribution in [0.3, 0.4) is 0 Å². The standard InChI is InChI=1S/C10H8N/c1-8-6-9-4-2-3-5-10(9)11-7-8/h2-7H,1H2. The van der Waals surface area contributed by atoms with Gasteiger partial charge in [0.15, 0.2) is 0 Å². The number of aromatic nitrogens is 1. The highest BCUT2D eigenvalue weighted by Crippen LogP contribution is 2.11. The van der Waals surface area contributed by atoms with E-state index in [0.29, 0.717) is 0 Å². The Kier molecular flexibility index (Phi) is 1.35. The first-order chi connectivity index (χ1) is 5.36. The minimum Gasteiger partial charge on any atom is -0.256 e. The fraction of sp³-hybridized carbons (Fsp3) is 0. The number of rotatable bonds is 0. The summed E-state index contributed by atoms with van der Waals surface area (Å²) < 4.78 is 0. The summed E-state index contributed by atoms with van der Waals surface area (Å²) in [5, 5.41) is 1.15. The molecule has 53 valence electrons. The van der Waals surface area contributed by atoms with Crippen LogP contribution in [0.4, 0.5) is 0 Å². The first kappa shape index (κ1) is 6.35. The summed E-state index contributed by atoms with van der Waals surface area (Å²) in [4.78, 5) is 4.22. The van der Waals surface area contributed by atoms with Crippen LogP contribution in [-0.2, 0) is 0 Å². The molecule has 0 aliphatic heterocycles. The van der Waals surface area contributed by atoms with E-state index in [1.807, 2.05) is 30.3 Å². The largest absolute Gasteiger partial charge is 0.256 e. The second kappa shape index (κ2) is 2.35. The lowest BCUT2D eigenvalue weighted by molar-refractivity contribution is 1.38. The van der Waals surface area contributed by atoms with Gasteiger partial charge >= 0.3 is 0 Å². The molecule has 0 saturated carbocycles. The Morgan fingerprint density at radius 3 is 2.91 bits per heavy atom. The van der Waals surface area contributed by atoms with Crippen LogP contribution in [0.25, 0.3) is 10.9 Å². The lowest BCUT2D eigenvalue weighted by Gasteiger charge is -1.95. The van der Waals surface area contributed by atoms with Gasteiger partial charge in [-0.2, -0.15) is 0 Å². The van der Waals surface area contributed by atoms with Crippen LogP contribution < -0.4 is 0 Å². The second-order valence-electron chi connectivity index (χ2n) is 2.54. The average Bonchev–Trinajstić information content (AvgIpc) is 2.04. The molecular formula is C10H8N. The normalized spacial score (nSPS) is 10.3. The highest BCUT2D eigenvalue weighted by Gasteiger charge is 1.91. The van der Waals surface area contributed by atoms with Gasteiger partial charge in [0.25, 0.3) is 0 Å². The molecule has 0 N–H and O–H groups in total. The third kappa shape index (κ3) is 1.09. The van der Waals surface area contributed by atoms with E-state index >= 15 is 0 Å². The topological polar surface area (TPSA) is 12.9 Å². The van der Waals surface area contributed by atoms with Crippen molar-refractivity contribution in [2.75, 3.05) is 0 Å². The Balaban J connectivity index is 2.83. The van der Waals surface area contributed by atoms with Crippen molar-refractivity contribution in [3.05, 3.63) is 49.0 Å². The van der Waals surface area contributed by atoms with Gasteiger partial charge in [0.1, 0.15) is 0 Å². The van der Waals surface area contributed by atoms with Crippen LogP contribution in [0.15, 0.2) is 36.5 Å². The average molecular weight is 142 g/mol. The lowest BCUT2D eigenvalue weighted by atomic mass is 10.2. The molecule has 1 nitrogen and oxygen atoms in total. The summed E-state index contributed by atoms with van der Waals surface area (Å²) in [5.74, 6) is 0. The van der Waals surface area contributed by atoms with E-state index in [9.17, 15) is 0 Å². The number of para-hydroxylation sites is 1. The molecule has 0 spiro atoms. The molecule has 0 fully saturated rings. The second-order valence-corrected chi connectivity index (χ2v) is 2.54. The van der Waals surface area contributed by atoms with Crippen molar-refractivity contribution in [1.82, 2.24) is 4.98 Å². The monoisotopic (exact) mass is 142 g/mol. The molecule has 11 heavy (non-hydrogen) atoms. The molecule has 0 aliphatic carbocycles. The molecule has 1 heterocycles. The maximum Gasteiger partial charge on any atom is 0.0702 e. The number of hydrogen-bond donors (Lipinski definition) is 0. The minimum absolute atomic E-state index is 0.962. The van der Waals surface area contributed by atoms with E-state index in [0.717, 1.165) is 16.5 Å².